The Labute approximate surface area is 147 Å². The van der Waals surface area contributed by atoms with E-state index in [2.05, 4.69) is 25.3 Å². The largest absolute Gasteiger partial charge is 0.356 e. The van der Waals surface area contributed by atoms with Crippen molar-refractivity contribution >= 4 is 34.4 Å². The monoisotopic (exact) mass is 360 g/mol. The van der Waals surface area contributed by atoms with Gasteiger partial charge in [0.2, 0.25) is 5.91 Å². The summed E-state index contributed by atoms with van der Waals surface area (Å²) >= 11 is 6.00. The number of nitrogens with one attached hydrogen (secondary N) is 2. The summed E-state index contributed by atoms with van der Waals surface area (Å²) < 4.78 is 14.1. The highest BCUT2D eigenvalue weighted by Gasteiger charge is 2.30. The van der Waals surface area contributed by atoms with E-state index in [1.165, 1.54) is 6.20 Å². The molecule has 0 aliphatic carbocycles. The number of amides is 1. The van der Waals surface area contributed by atoms with Crippen LogP contribution in [0.3, 0.4) is 0 Å². The molecule has 1 atom stereocenters. The summed E-state index contributed by atoms with van der Waals surface area (Å²) in [5.41, 5.74) is 1.29. The Morgan fingerprint density at radius 2 is 2.24 bits per heavy atom. The molecule has 0 aromatic carbocycles. The average Bonchev–Trinajstić information content (AvgIpc) is 3.15. The van der Waals surface area contributed by atoms with Crippen LogP contribution in [-0.4, -0.2) is 50.4 Å². The first-order valence-electron chi connectivity index (χ1n) is 7.70. The molecular weight excluding hydrogens is 347 g/mol. The first-order valence-corrected chi connectivity index (χ1v) is 8.08. The molecule has 0 saturated carbocycles. The molecule has 25 heavy (non-hydrogen) atoms. The fourth-order valence-corrected chi connectivity index (χ4v) is 3.04. The lowest BCUT2D eigenvalue weighted by Crippen LogP contribution is -2.31. The molecule has 1 unspecified atom stereocenters. The van der Waals surface area contributed by atoms with Crippen LogP contribution in [0.5, 0.6) is 0 Å². The standard InChI is InChI=1S/C16H14ClFN6O/c1-24-3-2-12(16(24)25)22-15-11(18)7-21-14(23-15)10-6-20-13-9(10)4-8(17)5-19-13/h4-7,12H,2-3H2,1H3,(H,19,20)(H,21,22,23). The van der Waals surface area contributed by atoms with E-state index in [-0.39, 0.29) is 11.7 Å². The van der Waals surface area contributed by atoms with Crippen molar-refractivity contribution in [2.24, 2.45) is 0 Å². The molecule has 1 fully saturated rings. The second-order valence-corrected chi connectivity index (χ2v) is 6.32. The predicted octanol–water partition coefficient (Wildman–Crippen LogP) is 2.46. The van der Waals surface area contributed by atoms with Crippen molar-refractivity contribution in [1.29, 1.82) is 0 Å². The molecule has 1 aliphatic heterocycles. The zero-order valence-corrected chi connectivity index (χ0v) is 14.0. The molecule has 9 heteroatoms. The van der Waals surface area contributed by atoms with Crippen LogP contribution in [-0.2, 0) is 4.79 Å². The van der Waals surface area contributed by atoms with Crippen LogP contribution in [0.4, 0.5) is 10.2 Å². The summed E-state index contributed by atoms with van der Waals surface area (Å²) in [6, 6.07) is 1.26. The number of carbonyl (C=O) groups is 1. The van der Waals surface area contributed by atoms with Crippen molar-refractivity contribution in [2.45, 2.75) is 12.5 Å². The number of pyridine rings is 1. The van der Waals surface area contributed by atoms with E-state index in [9.17, 15) is 9.18 Å². The van der Waals surface area contributed by atoms with Crippen LogP contribution in [0.25, 0.3) is 22.4 Å². The number of likely N-dealkylation sites (tertiary alicyclic amines) is 1. The minimum Gasteiger partial charge on any atom is -0.356 e. The third kappa shape index (κ3) is 2.78. The Morgan fingerprint density at radius 1 is 1.40 bits per heavy atom. The van der Waals surface area contributed by atoms with Gasteiger partial charge in [0.15, 0.2) is 17.5 Å². The lowest BCUT2D eigenvalue weighted by molar-refractivity contribution is -0.127. The maximum Gasteiger partial charge on any atom is 0.244 e. The summed E-state index contributed by atoms with van der Waals surface area (Å²) in [6.07, 6.45) is 4.91. The van der Waals surface area contributed by atoms with Crippen LogP contribution < -0.4 is 5.32 Å². The molecule has 1 amide bonds. The van der Waals surface area contributed by atoms with Crippen molar-refractivity contribution in [3.8, 4) is 11.4 Å². The highest BCUT2D eigenvalue weighted by Crippen LogP contribution is 2.28. The number of anilines is 1. The van der Waals surface area contributed by atoms with Crippen molar-refractivity contribution < 1.29 is 9.18 Å². The van der Waals surface area contributed by atoms with E-state index in [4.69, 9.17) is 11.6 Å². The van der Waals surface area contributed by atoms with Gasteiger partial charge in [-0.2, -0.15) is 0 Å². The Hall–Kier alpha value is -2.74. The highest BCUT2D eigenvalue weighted by molar-refractivity contribution is 6.31. The predicted molar refractivity (Wildman–Crippen MR) is 91.8 cm³/mol. The third-order valence-electron chi connectivity index (χ3n) is 4.22. The van der Waals surface area contributed by atoms with E-state index in [0.29, 0.717) is 35.0 Å². The first kappa shape index (κ1) is 15.8. The quantitative estimate of drug-likeness (QED) is 0.749. The molecule has 2 N–H and O–H groups in total. The van der Waals surface area contributed by atoms with Gasteiger partial charge in [-0.15, -0.1) is 0 Å². The molecule has 3 aromatic rings. The Morgan fingerprint density at radius 3 is 3.00 bits per heavy atom. The lowest BCUT2D eigenvalue weighted by Gasteiger charge is -2.13. The van der Waals surface area contributed by atoms with E-state index < -0.39 is 11.9 Å². The third-order valence-corrected chi connectivity index (χ3v) is 4.43. The number of carbonyl (C=O) groups excluding carboxylic acids is 1. The van der Waals surface area contributed by atoms with Gasteiger partial charge >= 0.3 is 0 Å². The summed E-state index contributed by atoms with van der Waals surface area (Å²) in [5, 5.41) is 4.10. The van der Waals surface area contributed by atoms with Gasteiger partial charge in [-0.25, -0.2) is 19.3 Å². The van der Waals surface area contributed by atoms with E-state index in [1.807, 2.05) is 0 Å². The number of aromatic nitrogens is 4. The molecule has 0 radical (unpaired) electrons. The van der Waals surface area contributed by atoms with Gasteiger partial charge in [0, 0.05) is 36.9 Å². The SMILES string of the molecule is CN1CCC(Nc2nc(-c3c[nH]c4ncc(Cl)cc34)ncc2F)C1=O. The second kappa shape index (κ2) is 5.96. The topological polar surface area (TPSA) is 86.8 Å². The number of fused-ring (bicyclic) bond motifs is 1. The number of H-pyrrole nitrogens is 1. The highest BCUT2D eigenvalue weighted by atomic mass is 35.5. The summed E-state index contributed by atoms with van der Waals surface area (Å²) in [6.45, 7) is 0.628. The lowest BCUT2D eigenvalue weighted by atomic mass is 10.2. The average molecular weight is 361 g/mol. The number of hydrogen-bond donors (Lipinski definition) is 2. The summed E-state index contributed by atoms with van der Waals surface area (Å²) in [4.78, 5) is 29.1. The number of aromatic amines is 1. The van der Waals surface area contributed by atoms with Crippen LogP contribution in [0, 0.1) is 5.82 Å². The zero-order chi connectivity index (χ0) is 17.6. The van der Waals surface area contributed by atoms with Crippen molar-refractivity contribution in [1.82, 2.24) is 24.8 Å². The fourth-order valence-electron chi connectivity index (χ4n) is 2.88. The van der Waals surface area contributed by atoms with Gasteiger partial charge in [0.1, 0.15) is 11.7 Å². The molecular formula is C16H14ClFN6O. The second-order valence-electron chi connectivity index (χ2n) is 5.89. The van der Waals surface area contributed by atoms with Gasteiger partial charge in [0.05, 0.1) is 11.2 Å². The van der Waals surface area contributed by atoms with E-state index >= 15 is 0 Å². The Kier molecular flexibility index (Phi) is 3.76. The van der Waals surface area contributed by atoms with Crippen LogP contribution >= 0.6 is 11.6 Å². The molecule has 128 valence electrons. The van der Waals surface area contributed by atoms with Gasteiger partial charge in [-0.05, 0) is 12.5 Å². The number of nitrogens with zero attached hydrogens (tertiary/aromatic N) is 4. The van der Waals surface area contributed by atoms with Gasteiger partial charge in [0.25, 0.3) is 0 Å². The molecule has 3 aromatic heterocycles. The molecule has 1 saturated heterocycles. The minimum atomic E-state index is -0.609. The normalized spacial score (nSPS) is 17.5. The van der Waals surface area contributed by atoms with Crippen LogP contribution in [0.2, 0.25) is 5.02 Å². The maximum absolute atomic E-state index is 14.1. The minimum absolute atomic E-state index is 0.00277. The molecule has 4 heterocycles. The van der Waals surface area contributed by atoms with Crippen molar-refractivity contribution in [3.05, 3.63) is 35.5 Å². The van der Waals surface area contributed by atoms with Gasteiger partial charge in [-0.1, -0.05) is 11.6 Å². The molecule has 7 nitrogen and oxygen atoms in total. The first-order chi connectivity index (χ1) is 12.0. The number of rotatable bonds is 3. The van der Waals surface area contributed by atoms with E-state index in [0.717, 1.165) is 11.6 Å². The zero-order valence-electron chi connectivity index (χ0n) is 13.3. The maximum atomic E-state index is 14.1. The summed E-state index contributed by atoms with van der Waals surface area (Å²) in [7, 11) is 1.72. The van der Waals surface area contributed by atoms with Crippen molar-refractivity contribution in [3.63, 3.8) is 0 Å². The molecule has 1 aliphatic rings. The number of halogens is 2. The smallest absolute Gasteiger partial charge is 0.244 e. The Balaban J connectivity index is 1.71. The Bertz CT molecular complexity index is 974. The molecule has 0 spiro atoms. The fraction of sp³-hybridized carbons (Fsp3) is 0.250. The van der Waals surface area contributed by atoms with E-state index in [1.54, 1.807) is 24.2 Å². The van der Waals surface area contributed by atoms with Crippen molar-refractivity contribution in [2.75, 3.05) is 18.9 Å². The van der Waals surface area contributed by atoms with Gasteiger partial charge in [-0.3, -0.25) is 4.79 Å². The number of hydrogen-bond acceptors (Lipinski definition) is 5. The van der Waals surface area contributed by atoms with Crippen LogP contribution in [0.1, 0.15) is 6.42 Å². The van der Waals surface area contributed by atoms with Crippen LogP contribution in [0.15, 0.2) is 24.7 Å². The number of likely N-dealkylation sites (N-methyl/N-ethyl adjacent to an activating group) is 1. The summed E-state index contributed by atoms with van der Waals surface area (Å²) in [5.74, 6) is -0.370. The molecule has 4 rings (SSSR count). The molecule has 0 bridgehead atoms. The van der Waals surface area contributed by atoms with Gasteiger partial charge < -0.3 is 15.2 Å².